The van der Waals surface area contributed by atoms with Crippen LogP contribution in [0.3, 0.4) is 0 Å². The molecule has 3 aromatic heterocycles. The molecule has 1 amide bonds. The van der Waals surface area contributed by atoms with Crippen molar-refractivity contribution in [2.24, 2.45) is 0 Å². The third-order valence-electron chi connectivity index (χ3n) is 2.99. The van der Waals surface area contributed by atoms with E-state index in [9.17, 15) is 4.79 Å². The van der Waals surface area contributed by atoms with Gasteiger partial charge < -0.3 is 16.4 Å². The molecule has 0 radical (unpaired) electrons. The zero-order valence-electron chi connectivity index (χ0n) is 12.5. The molecule has 3 heterocycles. The molecule has 0 spiro atoms. The van der Waals surface area contributed by atoms with Gasteiger partial charge in [0.2, 0.25) is 0 Å². The molecule has 0 aliphatic rings. The van der Waals surface area contributed by atoms with Crippen molar-refractivity contribution < 1.29 is 4.79 Å². The van der Waals surface area contributed by atoms with Gasteiger partial charge in [-0.25, -0.2) is 9.97 Å². The molecule has 3 aromatic rings. The van der Waals surface area contributed by atoms with E-state index in [-0.39, 0.29) is 11.6 Å². The summed E-state index contributed by atoms with van der Waals surface area (Å²) in [5.74, 6) is 2.14. The maximum atomic E-state index is 11.9. The lowest BCUT2D eigenvalue weighted by Gasteiger charge is -2.08. The van der Waals surface area contributed by atoms with Crippen molar-refractivity contribution in [3.63, 3.8) is 0 Å². The third-order valence-corrected chi connectivity index (χ3v) is 2.99. The van der Waals surface area contributed by atoms with Gasteiger partial charge in [-0.15, -0.1) is 0 Å². The molecule has 0 aliphatic carbocycles. The second kappa shape index (κ2) is 5.75. The van der Waals surface area contributed by atoms with Crippen LogP contribution in [0.25, 0.3) is 5.82 Å². The average molecular weight is 313 g/mol. The number of nitrogens with two attached hydrogens (primary N) is 1. The molecule has 23 heavy (non-hydrogen) atoms. The van der Waals surface area contributed by atoms with Crippen molar-refractivity contribution in [1.82, 2.24) is 35.3 Å². The number of nitrogens with zero attached hydrogens (tertiary/aromatic N) is 5. The monoisotopic (exact) mass is 313 g/mol. The van der Waals surface area contributed by atoms with E-state index in [4.69, 9.17) is 5.73 Å². The van der Waals surface area contributed by atoms with Gasteiger partial charge in [-0.05, 0) is 6.92 Å². The molecule has 10 nitrogen and oxygen atoms in total. The number of aromatic nitrogens is 6. The minimum Gasteiger partial charge on any atom is -0.384 e. The van der Waals surface area contributed by atoms with Crippen molar-refractivity contribution in [1.29, 1.82) is 0 Å². The van der Waals surface area contributed by atoms with Crippen molar-refractivity contribution in [2.75, 3.05) is 18.1 Å². The van der Waals surface area contributed by atoms with Crippen LogP contribution in [0.1, 0.15) is 16.3 Å². The summed E-state index contributed by atoms with van der Waals surface area (Å²) < 4.78 is 1.48. The molecule has 0 saturated heterocycles. The average Bonchev–Trinajstić information content (AvgIpc) is 3.15. The highest BCUT2D eigenvalue weighted by atomic mass is 16.1. The number of nitrogen functional groups attached to an aromatic ring is 1. The Morgan fingerprint density at radius 1 is 1.35 bits per heavy atom. The van der Waals surface area contributed by atoms with E-state index in [1.165, 1.54) is 11.7 Å². The van der Waals surface area contributed by atoms with E-state index in [1.807, 2.05) is 0 Å². The van der Waals surface area contributed by atoms with Crippen molar-refractivity contribution in [3.8, 4) is 5.82 Å². The summed E-state index contributed by atoms with van der Waals surface area (Å²) in [6, 6.07) is 4.93. The van der Waals surface area contributed by atoms with E-state index in [0.717, 1.165) is 0 Å². The first-order valence-corrected chi connectivity index (χ1v) is 6.77. The Bertz CT molecular complexity index is 817. The first-order valence-electron chi connectivity index (χ1n) is 6.77. The highest BCUT2D eigenvalue weighted by molar-refractivity contribution is 5.93. The van der Waals surface area contributed by atoms with Gasteiger partial charge in [-0.2, -0.15) is 14.9 Å². The second-order valence-electron chi connectivity index (χ2n) is 4.70. The summed E-state index contributed by atoms with van der Waals surface area (Å²) in [6.45, 7) is 1.73. The fourth-order valence-electron chi connectivity index (χ4n) is 2.03. The molecule has 0 fully saturated rings. The molecule has 0 aliphatic heterocycles. The molecular weight excluding hydrogens is 298 g/mol. The van der Waals surface area contributed by atoms with Gasteiger partial charge in [0, 0.05) is 25.2 Å². The summed E-state index contributed by atoms with van der Waals surface area (Å²) in [6.07, 6.45) is 1.61. The minimum atomic E-state index is -0.310. The Kier molecular flexibility index (Phi) is 3.63. The number of anilines is 3. The van der Waals surface area contributed by atoms with Crippen molar-refractivity contribution >= 4 is 23.4 Å². The summed E-state index contributed by atoms with van der Waals surface area (Å²) in [5.41, 5.74) is 6.01. The van der Waals surface area contributed by atoms with Crippen LogP contribution < -0.4 is 16.4 Å². The summed E-state index contributed by atoms with van der Waals surface area (Å²) >= 11 is 0. The molecule has 118 valence electrons. The molecule has 0 aromatic carbocycles. The number of carbonyl (C=O) groups excluding carboxylic acids is 1. The molecule has 10 heteroatoms. The second-order valence-corrected chi connectivity index (χ2v) is 4.70. The third kappa shape index (κ3) is 2.95. The van der Waals surface area contributed by atoms with E-state index in [2.05, 4.69) is 35.9 Å². The van der Waals surface area contributed by atoms with Gasteiger partial charge in [-0.1, -0.05) is 0 Å². The number of aromatic amines is 1. The fraction of sp³-hybridized carbons (Fsp3) is 0.154. The molecule has 0 atom stereocenters. The quantitative estimate of drug-likeness (QED) is 0.546. The molecule has 0 unspecified atom stereocenters. The minimum absolute atomic E-state index is 0.240. The zero-order chi connectivity index (χ0) is 16.4. The summed E-state index contributed by atoms with van der Waals surface area (Å²) in [4.78, 5) is 20.2. The smallest absolute Gasteiger partial charge is 0.271 e. The van der Waals surface area contributed by atoms with Gasteiger partial charge in [0.15, 0.2) is 11.5 Å². The number of nitrogens with one attached hydrogen (secondary N) is 3. The number of rotatable bonds is 4. The number of amides is 1. The largest absolute Gasteiger partial charge is 0.384 e. The van der Waals surface area contributed by atoms with Gasteiger partial charge in [0.05, 0.1) is 6.20 Å². The molecular formula is C13H15N9O. The molecule has 5 N–H and O–H groups in total. The summed E-state index contributed by atoms with van der Waals surface area (Å²) in [5, 5.41) is 16.5. The predicted octanol–water partition coefficient (Wildman–Crippen LogP) is 0.379. The van der Waals surface area contributed by atoms with Crippen LogP contribution in [0.5, 0.6) is 0 Å². The van der Waals surface area contributed by atoms with Crippen molar-refractivity contribution in [2.45, 2.75) is 6.92 Å². The van der Waals surface area contributed by atoms with E-state index >= 15 is 0 Å². The zero-order valence-corrected chi connectivity index (χ0v) is 12.5. The predicted molar refractivity (Wildman–Crippen MR) is 83.6 cm³/mol. The number of H-pyrrole nitrogens is 1. The van der Waals surface area contributed by atoms with Crippen LogP contribution in [0, 0.1) is 6.92 Å². The lowest BCUT2D eigenvalue weighted by Crippen LogP contribution is -2.18. The van der Waals surface area contributed by atoms with E-state index < -0.39 is 0 Å². The molecule has 0 saturated carbocycles. The summed E-state index contributed by atoms with van der Waals surface area (Å²) in [7, 11) is 1.54. The highest BCUT2D eigenvalue weighted by Crippen LogP contribution is 2.20. The number of hydrogen-bond donors (Lipinski definition) is 4. The standard InChI is InChI=1S/C13H15N9O/c1-7-17-9(14)6-12(18-7)22-11(19-10-3-4-16-20-10)5-8(21-22)13(23)15-2/h3-6H,1-2H3,(H,15,23)(H2,14,17,18)(H2,16,19,20). The Morgan fingerprint density at radius 3 is 2.83 bits per heavy atom. The van der Waals surface area contributed by atoms with Gasteiger partial charge in [-0.3, -0.25) is 9.89 Å². The fourth-order valence-corrected chi connectivity index (χ4v) is 2.03. The molecule has 0 bridgehead atoms. The highest BCUT2D eigenvalue weighted by Gasteiger charge is 2.16. The van der Waals surface area contributed by atoms with Crippen LogP contribution in [-0.2, 0) is 0 Å². The van der Waals surface area contributed by atoms with Crippen LogP contribution >= 0.6 is 0 Å². The Labute approximate surface area is 131 Å². The Balaban J connectivity index is 2.09. The maximum absolute atomic E-state index is 11.9. The number of aryl methyl sites for hydroxylation is 1. The molecule has 3 rings (SSSR count). The van der Waals surface area contributed by atoms with Gasteiger partial charge >= 0.3 is 0 Å². The van der Waals surface area contributed by atoms with Crippen LogP contribution in [0.4, 0.5) is 17.5 Å². The number of carbonyl (C=O) groups is 1. The normalized spacial score (nSPS) is 10.5. The van der Waals surface area contributed by atoms with Crippen LogP contribution in [-0.4, -0.2) is 42.9 Å². The maximum Gasteiger partial charge on any atom is 0.271 e. The first-order chi connectivity index (χ1) is 11.1. The topological polar surface area (TPSA) is 139 Å². The van der Waals surface area contributed by atoms with Gasteiger partial charge in [0.25, 0.3) is 5.91 Å². The van der Waals surface area contributed by atoms with E-state index in [0.29, 0.717) is 29.1 Å². The first kappa shape index (κ1) is 14.5. The Hall–Kier alpha value is -3.43. The lowest BCUT2D eigenvalue weighted by molar-refractivity contribution is 0.0957. The van der Waals surface area contributed by atoms with Crippen LogP contribution in [0.2, 0.25) is 0 Å². The van der Waals surface area contributed by atoms with Crippen molar-refractivity contribution in [3.05, 3.63) is 35.9 Å². The SMILES string of the molecule is CNC(=O)c1cc(Nc2ccn[nH]2)n(-c2cc(N)nc(C)n2)n1. The van der Waals surface area contributed by atoms with E-state index in [1.54, 1.807) is 31.3 Å². The van der Waals surface area contributed by atoms with Crippen LogP contribution in [0.15, 0.2) is 24.4 Å². The number of hydrogen-bond acceptors (Lipinski definition) is 7. The Morgan fingerprint density at radius 2 is 2.17 bits per heavy atom. The van der Waals surface area contributed by atoms with Gasteiger partial charge in [0.1, 0.15) is 23.3 Å². The lowest BCUT2D eigenvalue weighted by atomic mass is 10.4.